The Morgan fingerprint density at radius 2 is 1.79 bits per heavy atom. The van der Waals surface area contributed by atoms with Crippen LogP contribution in [-0.4, -0.2) is 24.2 Å². The number of para-hydroxylation sites is 1. The molecular formula is C24H21ClN2O2. The number of hydrogen-bond donors (Lipinski definition) is 2. The molecule has 2 N–H and O–H groups in total. The van der Waals surface area contributed by atoms with E-state index in [1.807, 2.05) is 50.5 Å². The van der Waals surface area contributed by atoms with Crippen LogP contribution in [0.15, 0.2) is 71.5 Å². The molecule has 0 saturated carbocycles. The van der Waals surface area contributed by atoms with Crippen LogP contribution in [-0.2, 0) is 6.42 Å². The van der Waals surface area contributed by atoms with Crippen molar-refractivity contribution in [1.29, 1.82) is 0 Å². The summed E-state index contributed by atoms with van der Waals surface area (Å²) in [6.07, 6.45) is 0.726. The van der Waals surface area contributed by atoms with Crippen molar-refractivity contribution in [3.05, 3.63) is 93.2 Å². The van der Waals surface area contributed by atoms with Gasteiger partial charge in [0.25, 0.3) is 5.56 Å². The lowest BCUT2D eigenvalue weighted by atomic mass is 9.97. The zero-order valence-electron chi connectivity index (χ0n) is 16.2. The second-order valence-corrected chi connectivity index (χ2v) is 7.70. The first kappa shape index (κ1) is 19.1. The first-order valence-corrected chi connectivity index (χ1v) is 9.71. The maximum atomic E-state index is 12.7. The molecule has 0 aliphatic heterocycles. The number of H-pyrrole nitrogens is 1. The van der Waals surface area contributed by atoms with Gasteiger partial charge < -0.3 is 15.0 Å². The monoisotopic (exact) mass is 404 g/mol. The molecule has 4 aromatic rings. The van der Waals surface area contributed by atoms with E-state index in [0.717, 1.165) is 17.7 Å². The SMILES string of the molecule is CN(C)c1ccccc1Cc1cccc(-c2c(O)c3ccc(Cl)cc3[nH]c2=O)c1. The molecule has 0 unspecified atom stereocenters. The van der Waals surface area contributed by atoms with Crippen molar-refractivity contribution in [2.24, 2.45) is 0 Å². The average Bonchev–Trinajstić information content (AvgIpc) is 2.68. The Labute approximate surface area is 174 Å². The van der Waals surface area contributed by atoms with Gasteiger partial charge in [-0.05, 0) is 47.4 Å². The van der Waals surface area contributed by atoms with Crippen LogP contribution >= 0.6 is 11.6 Å². The summed E-state index contributed by atoms with van der Waals surface area (Å²) in [6, 6.07) is 21.0. The van der Waals surface area contributed by atoms with Crippen LogP contribution in [0.3, 0.4) is 0 Å². The predicted octanol–water partition coefficient (Wildman–Crippen LogP) is 5.21. The minimum atomic E-state index is -0.344. The minimum absolute atomic E-state index is 0.0359. The minimum Gasteiger partial charge on any atom is -0.506 e. The van der Waals surface area contributed by atoms with E-state index in [1.54, 1.807) is 18.2 Å². The molecule has 0 spiro atoms. The van der Waals surface area contributed by atoms with Gasteiger partial charge >= 0.3 is 0 Å². The normalized spacial score (nSPS) is 11.0. The number of benzene rings is 3. The molecule has 0 atom stereocenters. The highest BCUT2D eigenvalue weighted by Gasteiger charge is 2.15. The summed E-state index contributed by atoms with van der Waals surface area (Å²) >= 11 is 6.01. The molecule has 0 saturated heterocycles. The van der Waals surface area contributed by atoms with Gasteiger partial charge in [-0.3, -0.25) is 4.79 Å². The van der Waals surface area contributed by atoms with Gasteiger partial charge in [0.2, 0.25) is 0 Å². The molecule has 0 amide bonds. The summed E-state index contributed by atoms with van der Waals surface area (Å²) in [5.41, 5.74) is 4.53. The van der Waals surface area contributed by atoms with Crippen molar-refractivity contribution in [2.75, 3.05) is 19.0 Å². The number of aromatic hydroxyl groups is 1. The summed E-state index contributed by atoms with van der Waals surface area (Å²) in [6.45, 7) is 0. The summed E-state index contributed by atoms with van der Waals surface area (Å²) < 4.78 is 0. The van der Waals surface area contributed by atoms with E-state index >= 15 is 0 Å². The van der Waals surface area contributed by atoms with Crippen LogP contribution in [0.2, 0.25) is 5.02 Å². The summed E-state index contributed by atoms with van der Waals surface area (Å²) in [4.78, 5) is 17.6. The number of hydrogen-bond acceptors (Lipinski definition) is 3. The number of halogens is 1. The Hall–Kier alpha value is -3.24. The molecule has 0 bridgehead atoms. The van der Waals surface area contributed by atoms with E-state index in [-0.39, 0.29) is 16.9 Å². The van der Waals surface area contributed by atoms with Crippen molar-refractivity contribution in [3.8, 4) is 16.9 Å². The third kappa shape index (κ3) is 3.71. The predicted molar refractivity (Wildman–Crippen MR) is 120 cm³/mol. The molecule has 4 rings (SSSR count). The summed E-state index contributed by atoms with van der Waals surface area (Å²) in [5.74, 6) is -0.0359. The second-order valence-electron chi connectivity index (χ2n) is 7.27. The van der Waals surface area contributed by atoms with Gasteiger partial charge in [-0.25, -0.2) is 0 Å². The molecule has 0 aliphatic carbocycles. The highest BCUT2D eigenvalue weighted by Crippen LogP contribution is 2.33. The average molecular weight is 405 g/mol. The summed E-state index contributed by atoms with van der Waals surface area (Å²) in [7, 11) is 4.04. The van der Waals surface area contributed by atoms with Crippen LogP contribution in [0.5, 0.6) is 5.75 Å². The molecular weight excluding hydrogens is 384 g/mol. The smallest absolute Gasteiger partial charge is 0.260 e. The quantitative estimate of drug-likeness (QED) is 0.490. The number of rotatable bonds is 4. The van der Waals surface area contributed by atoms with Crippen LogP contribution in [0.1, 0.15) is 11.1 Å². The molecule has 5 heteroatoms. The van der Waals surface area contributed by atoms with Gasteiger partial charge in [-0.2, -0.15) is 0 Å². The molecule has 3 aromatic carbocycles. The second kappa shape index (κ2) is 7.64. The standard InChI is InChI=1S/C24H21ClN2O2/c1-27(2)21-9-4-3-7-16(21)12-15-6-5-8-17(13-15)22-23(28)19-11-10-18(25)14-20(19)26-24(22)29/h3-11,13-14H,12H2,1-2H3,(H2,26,28,29). The number of aromatic nitrogens is 1. The van der Waals surface area contributed by atoms with Crippen molar-refractivity contribution in [3.63, 3.8) is 0 Å². The number of fused-ring (bicyclic) bond motifs is 1. The Balaban J connectivity index is 1.79. The number of nitrogens with one attached hydrogen (secondary N) is 1. The van der Waals surface area contributed by atoms with Gasteiger partial charge in [0.1, 0.15) is 5.75 Å². The molecule has 1 aromatic heterocycles. The number of anilines is 1. The maximum absolute atomic E-state index is 12.7. The Bertz CT molecular complexity index is 1260. The first-order valence-electron chi connectivity index (χ1n) is 9.33. The topological polar surface area (TPSA) is 56.3 Å². The fourth-order valence-electron chi connectivity index (χ4n) is 3.67. The Morgan fingerprint density at radius 3 is 2.59 bits per heavy atom. The Kier molecular flexibility index (Phi) is 5.03. The van der Waals surface area contributed by atoms with E-state index in [2.05, 4.69) is 22.0 Å². The van der Waals surface area contributed by atoms with Crippen molar-refractivity contribution in [2.45, 2.75) is 6.42 Å². The number of aromatic amines is 1. The van der Waals surface area contributed by atoms with Crippen LogP contribution < -0.4 is 10.5 Å². The first-order chi connectivity index (χ1) is 13.9. The number of nitrogens with zero attached hydrogens (tertiary/aromatic N) is 1. The van der Waals surface area contributed by atoms with Gasteiger partial charge in [0.05, 0.1) is 11.1 Å². The third-order valence-electron chi connectivity index (χ3n) is 5.03. The molecule has 146 valence electrons. The molecule has 1 heterocycles. The zero-order chi connectivity index (χ0) is 20.5. The van der Waals surface area contributed by atoms with Crippen LogP contribution in [0.4, 0.5) is 5.69 Å². The molecule has 0 aliphatic rings. The van der Waals surface area contributed by atoms with E-state index in [9.17, 15) is 9.90 Å². The fraction of sp³-hybridized carbons (Fsp3) is 0.125. The highest BCUT2D eigenvalue weighted by molar-refractivity contribution is 6.31. The van der Waals surface area contributed by atoms with Crippen molar-refractivity contribution in [1.82, 2.24) is 4.98 Å². The van der Waals surface area contributed by atoms with Gasteiger partial charge in [0.15, 0.2) is 0 Å². The van der Waals surface area contributed by atoms with E-state index < -0.39 is 0 Å². The summed E-state index contributed by atoms with van der Waals surface area (Å²) in [5, 5.41) is 11.9. The fourth-order valence-corrected chi connectivity index (χ4v) is 3.85. The largest absolute Gasteiger partial charge is 0.506 e. The van der Waals surface area contributed by atoms with Gasteiger partial charge in [-0.1, -0.05) is 54.1 Å². The van der Waals surface area contributed by atoms with Crippen molar-refractivity contribution < 1.29 is 5.11 Å². The van der Waals surface area contributed by atoms with E-state index in [1.165, 1.54) is 5.56 Å². The van der Waals surface area contributed by atoms with E-state index in [0.29, 0.717) is 21.5 Å². The molecule has 4 nitrogen and oxygen atoms in total. The van der Waals surface area contributed by atoms with Crippen LogP contribution in [0, 0.1) is 0 Å². The third-order valence-corrected chi connectivity index (χ3v) is 5.27. The zero-order valence-corrected chi connectivity index (χ0v) is 17.0. The van der Waals surface area contributed by atoms with Gasteiger partial charge in [0, 0.05) is 30.2 Å². The highest BCUT2D eigenvalue weighted by atomic mass is 35.5. The lowest BCUT2D eigenvalue weighted by molar-refractivity contribution is 0.482. The lowest BCUT2D eigenvalue weighted by Gasteiger charge is -2.17. The Morgan fingerprint density at radius 1 is 1.00 bits per heavy atom. The van der Waals surface area contributed by atoms with Crippen molar-refractivity contribution >= 4 is 28.2 Å². The van der Waals surface area contributed by atoms with Gasteiger partial charge in [-0.15, -0.1) is 0 Å². The lowest BCUT2D eigenvalue weighted by Crippen LogP contribution is -2.11. The maximum Gasteiger partial charge on any atom is 0.260 e. The van der Waals surface area contributed by atoms with E-state index in [4.69, 9.17) is 11.6 Å². The number of pyridine rings is 1. The molecule has 0 radical (unpaired) electrons. The molecule has 0 fully saturated rings. The van der Waals surface area contributed by atoms with Crippen LogP contribution in [0.25, 0.3) is 22.0 Å². The molecule has 29 heavy (non-hydrogen) atoms.